The van der Waals surface area contributed by atoms with Crippen molar-refractivity contribution in [2.45, 2.75) is 19.3 Å². The maximum Gasteiger partial charge on any atom is 0.0158 e. The van der Waals surface area contributed by atoms with Crippen molar-refractivity contribution in [1.82, 2.24) is 0 Å². The Morgan fingerprint density at radius 2 is 0.846 bits per heavy atom. The molecule has 0 heteroatoms. The van der Waals surface area contributed by atoms with Crippen LogP contribution in [-0.2, 0) is 5.41 Å². The fourth-order valence-electron chi connectivity index (χ4n) is 6.93. The van der Waals surface area contributed by atoms with Crippen LogP contribution in [0.25, 0.3) is 65.7 Å². The second-order valence-corrected chi connectivity index (χ2v) is 11.3. The molecule has 184 valence electrons. The van der Waals surface area contributed by atoms with Crippen molar-refractivity contribution in [2.75, 3.05) is 0 Å². The molecule has 7 aromatic rings. The van der Waals surface area contributed by atoms with Crippen LogP contribution in [0, 0.1) is 0 Å². The van der Waals surface area contributed by atoms with Crippen LogP contribution in [0.2, 0.25) is 0 Å². The van der Waals surface area contributed by atoms with Crippen molar-refractivity contribution in [3.05, 3.63) is 145 Å². The maximum absolute atomic E-state index is 2.43. The Morgan fingerprint density at radius 3 is 1.51 bits per heavy atom. The van der Waals surface area contributed by atoms with E-state index in [2.05, 4.69) is 147 Å². The highest BCUT2D eigenvalue weighted by molar-refractivity contribution is 6.23. The molecule has 0 spiro atoms. The topological polar surface area (TPSA) is 0 Å². The van der Waals surface area contributed by atoms with Gasteiger partial charge in [-0.3, -0.25) is 0 Å². The normalized spacial score (nSPS) is 13.6. The van der Waals surface area contributed by atoms with Gasteiger partial charge in [0.05, 0.1) is 0 Å². The third-order valence-electron chi connectivity index (χ3n) is 8.86. The van der Waals surface area contributed by atoms with Gasteiger partial charge in [-0.1, -0.05) is 129 Å². The molecule has 0 N–H and O–H groups in total. The fourth-order valence-corrected chi connectivity index (χ4v) is 6.93. The number of fused-ring (bicyclic) bond motifs is 8. The van der Waals surface area contributed by atoms with Gasteiger partial charge in [-0.15, -0.1) is 0 Å². The molecule has 0 radical (unpaired) electrons. The smallest absolute Gasteiger partial charge is 0.0158 e. The van der Waals surface area contributed by atoms with E-state index in [-0.39, 0.29) is 5.41 Å². The van der Waals surface area contributed by atoms with Gasteiger partial charge < -0.3 is 0 Å². The summed E-state index contributed by atoms with van der Waals surface area (Å²) in [5.41, 5.74) is 10.7. The number of hydrogen-bond donors (Lipinski definition) is 0. The summed E-state index contributed by atoms with van der Waals surface area (Å²) in [5.74, 6) is 0. The molecule has 8 rings (SSSR count). The number of benzene rings is 7. The maximum atomic E-state index is 2.43. The molecule has 0 unspecified atom stereocenters. The van der Waals surface area contributed by atoms with Crippen molar-refractivity contribution >= 4 is 32.3 Å². The molecule has 0 aliphatic heterocycles. The third-order valence-corrected chi connectivity index (χ3v) is 8.86. The zero-order valence-corrected chi connectivity index (χ0v) is 22.2. The summed E-state index contributed by atoms with van der Waals surface area (Å²) < 4.78 is 0. The van der Waals surface area contributed by atoms with E-state index in [0.29, 0.717) is 0 Å². The standard InChI is InChI=1S/C39H28/c1-39(2)37-19-11-10-18-31(37)36-22-26(20-21-38(36)39)33-24-35-29-16-8-6-14-27(29)32(25-12-4-3-5-13-25)23-34(35)30-17-9-7-15-28(30)33/h3-24H,1-2H3. The van der Waals surface area contributed by atoms with Crippen molar-refractivity contribution in [1.29, 1.82) is 0 Å². The second kappa shape index (κ2) is 8.16. The van der Waals surface area contributed by atoms with Crippen LogP contribution in [-0.4, -0.2) is 0 Å². The molecule has 0 aromatic heterocycles. The van der Waals surface area contributed by atoms with Crippen LogP contribution in [0.15, 0.2) is 133 Å². The lowest BCUT2D eigenvalue weighted by molar-refractivity contribution is 0.660. The first-order chi connectivity index (χ1) is 19.1. The quantitative estimate of drug-likeness (QED) is 0.209. The van der Waals surface area contributed by atoms with E-state index >= 15 is 0 Å². The van der Waals surface area contributed by atoms with Crippen molar-refractivity contribution < 1.29 is 0 Å². The van der Waals surface area contributed by atoms with Crippen LogP contribution < -0.4 is 0 Å². The Balaban J connectivity index is 1.45. The van der Waals surface area contributed by atoms with E-state index in [9.17, 15) is 0 Å². The highest BCUT2D eigenvalue weighted by Gasteiger charge is 2.35. The van der Waals surface area contributed by atoms with Crippen molar-refractivity contribution in [2.24, 2.45) is 0 Å². The Labute approximate surface area is 229 Å². The average molecular weight is 497 g/mol. The first-order valence-corrected chi connectivity index (χ1v) is 13.8. The zero-order valence-electron chi connectivity index (χ0n) is 22.2. The fraction of sp³-hybridized carbons (Fsp3) is 0.0769. The largest absolute Gasteiger partial charge is 0.0622 e. The van der Waals surface area contributed by atoms with Gasteiger partial charge in [0.15, 0.2) is 0 Å². The van der Waals surface area contributed by atoms with Crippen LogP contribution in [0.4, 0.5) is 0 Å². The number of rotatable bonds is 2. The molecular formula is C39H28. The lowest BCUT2D eigenvalue weighted by Gasteiger charge is -2.21. The predicted molar refractivity (Wildman–Crippen MR) is 167 cm³/mol. The minimum absolute atomic E-state index is 0.0138. The molecule has 39 heavy (non-hydrogen) atoms. The lowest BCUT2D eigenvalue weighted by Crippen LogP contribution is -2.14. The van der Waals surface area contributed by atoms with Gasteiger partial charge in [0.2, 0.25) is 0 Å². The van der Waals surface area contributed by atoms with E-state index < -0.39 is 0 Å². The average Bonchev–Trinajstić information content (AvgIpc) is 3.22. The van der Waals surface area contributed by atoms with Crippen LogP contribution in [0.5, 0.6) is 0 Å². The van der Waals surface area contributed by atoms with Gasteiger partial charge >= 0.3 is 0 Å². The van der Waals surface area contributed by atoms with Crippen LogP contribution in [0.3, 0.4) is 0 Å². The molecule has 0 saturated carbocycles. The predicted octanol–water partition coefficient (Wildman–Crippen LogP) is 10.8. The van der Waals surface area contributed by atoms with Crippen molar-refractivity contribution in [3.8, 4) is 33.4 Å². The summed E-state index contributed by atoms with van der Waals surface area (Å²) in [5, 5.41) is 7.80. The molecular weight excluding hydrogens is 468 g/mol. The SMILES string of the molecule is CC1(C)c2ccccc2-c2cc(-c3cc4c5ccccc5c(-c5ccccc5)cc4c4ccccc34)ccc21. The van der Waals surface area contributed by atoms with Gasteiger partial charge in [0.25, 0.3) is 0 Å². The Bertz CT molecular complexity index is 2080. The van der Waals surface area contributed by atoms with Gasteiger partial charge in [-0.25, -0.2) is 0 Å². The zero-order chi connectivity index (χ0) is 26.1. The minimum atomic E-state index is 0.0138. The van der Waals surface area contributed by atoms with Crippen molar-refractivity contribution in [3.63, 3.8) is 0 Å². The molecule has 1 aliphatic carbocycles. The highest BCUT2D eigenvalue weighted by Crippen LogP contribution is 2.50. The summed E-state index contributed by atoms with van der Waals surface area (Å²) in [4.78, 5) is 0. The number of hydrogen-bond acceptors (Lipinski definition) is 0. The molecule has 0 fully saturated rings. The summed E-state index contributed by atoms with van der Waals surface area (Å²) in [6.07, 6.45) is 0. The van der Waals surface area contributed by atoms with E-state index in [0.717, 1.165) is 0 Å². The van der Waals surface area contributed by atoms with E-state index in [4.69, 9.17) is 0 Å². The first kappa shape index (κ1) is 22.3. The molecule has 0 atom stereocenters. The van der Waals surface area contributed by atoms with Gasteiger partial charge in [-0.2, -0.15) is 0 Å². The van der Waals surface area contributed by atoms with E-state index in [1.165, 1.54) is 76.8 Å². The molecule has 0 saturated heterocycles. The van der Waals surface area contributed by atoms with E-state index in [1.54, 1.807) is 0 Å². The molecule has 0 nitrogen and oxygen atoms in total. The Morgan fingerprint density at radius 1 is 0.333 bits per heavy atom. The first-order valence-electron chi connectivity index (χ1n) is 13.8. The summed E-state index contributed by atoms with van der Waals surface area (Å²) in [7, 11) is 0. The lowest BCUT2D eigenvalue weighted by atomic mass is 9.82. The third kappa shape index (κ3) is 3.18. The molecule has 1 aliphatic rings. The summed E-state index contributed by atoms with van der Waals surface area (Å²) >= 11 is 0. The van der Waals surface area contributed by atoms with Gasteiger partial charge in [0, 0.05) is 5.41 Å². The molecule has 7 aromatic carbocycles. The van der Waals surface area contributed by atoms with Crippen LogP contribution in [0.1, 0.15) is 25.0 Å². The summed E-state index contributed by atoms with van der Waals surface area (Å²) in [6.45, 7) is 4.69. The second-order valence-electron chi connectivity index (χ2n) is 11.3. The van der Waals surface area contributed by atoms with E-state index in [1.807, 2.05) is 0 Å². The van der Waals surface area contributed by atoms with Gasteiger partial charge in [0.1, 0.15) is 0 Å². The Kier molecular flexibility index (Phi) is 4.67. The molecule has 0 heterocycles. The molecule has 0 amide bonds. The van der Waals surface area contributed by atoms with Gasteiger partial charge in [-0.05, 0) is 95.0 Å². The monoisotopic (exact) mass is 496 g/mol. The van der Waals surface area contributed by atoms with Crippen LogP contribution >= 0.6 is 0 Å². The highest BCUT2D eigenvalue weighted by atomic mass is 14.4. The molecule has 0 bridgehead atoms. The Hall–Kier alpha value is -4.68. The summed E-state index contributed by atoms with van der Waals surface area (Å²) in [6, 6.07) is 49.4. The minimum Gasteiger partial charge on any atom is -0.0622 e.